The number of anilines is 1. The minimum atomic E-state index is -0.0342. The number of hydrogen-bond donors (Lipinski definition) is 1. The molecule has 1 saturated carbocycles. The van der Waals surface area contributed by atoms with Crippen LogP contribution in [0.2, 0.25) is 0 Å². The maximum absolute atomic E-state index is 12.2. The summed E-state index contributed by atoms with van der Waals surface area (Å²) in [7, 11) is 4.04. The van der Waals surface area contributed by atoms with Gasteiger partial charge in [0.15, 0.2) is 0 Å². The standard InChI is InChI=1S/C18H29N3O/c1-4-15-8-7-9-16(14-15)19-18(22)21(3)13-12-20(2)17-10-5-6-11-17/h7-9,14,17H,4-6,10-13H2,1-3H3,(H,19,22). The first kappa shape index (κ1) is 16.8. The van der Waals surface area contributed by atoms with Gasteiger partial charge in [0.05, 0.1) is 0 Å². The Bertz CT molecular complexity index is 483. The van der Waals surface area contributed by atoms with Crippen LogP contribution in [0.15, 0.2) is 24.3 Å². The molecule has 0 radical (unpaired) electrons. The number of nitrogens with zero attached hydrogens (tertiary/aromatic N) is 2. The van der Waals surface area contributed by atoms with E-state index in [9.17, 15) is 4.79 Å². The predicted molar refractivity (Wildman–Crippen MR) is 92.4 cm³/mol. The Morgan fingerprint density at radius 2 is 1.95 bits per heavy atom. The van der Waals surface area contributed by atoms with E-state index in [1.54, 1.807) is 4.90 Å². The van der Waals surface area contributed by atoms with Crippen molar-refractivity contribution in [2.24, 2.45) is 0 Å². The van der Waals surface area contributed by atoms with E-state index in [2.05, 4.69) is 30.3 Å². The summed E-state index contributed by atoms with van der Waals surface area (Å²) >= 11 is 0. The maximum Gasteiger partial charge on any atom is 0.321 e. The summed E-state index contributed by atoms with van der Waals surface area (Å²) in [6, 6.07) is 8.72. The number of hydrogen-bond acceptors (Lipinski definition) is 2. The summed E-state index contributed by atoms with van der Waals surface area (Å²) in [5.41, 5.74) is 2.11. The maximum atomic E-state index is 12.2. The van der Waals surface area contributed by atoms with Gasteiger partial charge in [0.1, 0.15) is 0 Å². The van der Waals surface area contributed by atoms with Crippen LogP contribution in [0.5, 0.6) is 0 Å². The van der Waals surface area contributed by atoms with E-state index >= 15 is 0 Å². The van der Waals surface area contributed by atoms with Crippen molar-refractivity contribution in [2.75, 3.05) is 32.5 Å². The average molecular weight is 303 g/mol. The zero-order chi connectivity index (χ0) is 15.9. The third-order valence-corrected chi connectivity index (χ3v) is 4.67. The van der Waals surface area contributed by atoms with Crippen molar-refractivity contribution in [2.45, 2.75) is 45.1 Å². The molecule has 0 aromatic heterocycles. The van der Waals surface area contributed by atoms with Crippen LogP contribution in [-0.4, -0.2) is 49.1 Å². The van der Waals surface area contributed by atoms with Crippen molar-refractivity contribution in [1.29, 1.82) is 0 Å². The smallest absolute Gasteiger partial charge is 0.321 e. The Hall–Kier alpha value is -1.55. The Kier molecular flexibility index (Phi) is 6.25. The zero-order valence-corrected chi connectivity index (χ0v) is 14.1. The molecule has 1 aliphatic rings. The van der Waals surface area contributed by atoms with Crippen LogP contribution in [0.4, 0.5) is 10.5 Å². The molecule has 0 atom stereocenters. The molecule has 2 rings (SSSR count). The van der Waals surface area contributed by atoms with E-state index < -0.39 is 0 Å². The molecule has 4 heteroatoms. The second-order valence-electron chi connectivity index (χ2n) is 6.32. The highest BCUT2D eigenvalue weighted by Gasteiger charge is 2.20. The summed E-state index contributed by atoms with van der Waals surface area (Å²) in [4.78, 5) is 16.4. The highest BCUT2D eigenvalue weighted by atomic mass is 16.2. The molecule has 122 valence electrons. The second-order valence-corrected chi connectivity index (χ2v) is 6.32. The monoisotopic (exact) mass is 303 g/mol. The number of likely N-dealkylation sites (N-methyl/N-ethyl adjacent to an activating group) is 2. The van der Waals surface area contributed by atoms with E-state index in [1.807, 2.05) is 25.2 Å². The van der Waals surface area contributed by atoms with Crippen LogP contribution in [0.3, 0.4) is 0 Å². The summed E-state index contributed by atoms with van der Waals surface area (Å²) in [5, 5.41) is 2.98. The topological polar surface area (TPSA) is 35.6 Å². The second kappa shape index (κ2) is 8.18. The van der Waals surface area contributed by atoms with Gasteiger partial charge in [-0.3, -0.25) is 0 Å². The summed E-state index contributed by atoms with van der Waals surface area (Å²) in [5.74, 6) is 0. The van der Waals surface area contributed by atoms with Gasteiger partial charge in [-0.15, -0.1) is 0 Å². The third kappa shape index (κ3) is 4.73. The predicted octanol–water partition coefficient (Wildman–Crippen LogP) is 3.59. The van der Waals surface area contributed by atoms with Crippen LogP contribution in [0.25, 0.3) is 0 Å². The van der Waals surface area contributed by atoms with Gasteiger partial charge in [0.2, 0.25) is 0 Å². The van der Waals surface area contributed by atoms with E-state index in [-0.39, 0.29) is 6.03 Å². The number of benzene rings is 1. The molecule has 2 amide bonds. The molecule has 1 fully saturated rings. The highest BCUT2D eigenvalue weighted by molar-refractivity contribution is 5.89. The molecule has 1 aliphatic carbocycles. The van der Waals surface area contributed by atoms with Crippen molar-refractivity contribution in [3.63, 3.8) is 0 Å². The first-order valence-electron chi connectivity index (χ1n) is 8.41. The van der Waals surface area contributed by atoms with Crippen LogP contribution in [0, 0.1) is 0 Å². The summed E-state index contributed by atoms with van der Waals surface area (Å²) in [6.45, 7) is 3.81. The lowest BCUT2D eigenvalue weighted by Crippen LogP contribution is -2.40. The van der Waals surface area contributed by atoms with Crippen molar-refractivity contribution in [1.82, 2.24) is 9.80 Å². The molecule has 1 aromatic rings. The molecular formula is C18H29N3O. The van der Waals surface area contributed by atoms with Gasteiger partial charge in [-0.2, -0.15) is 0 Å². The number of nitrogens with one attached hydrogen (secondary N) is 1. The highest BCUT2D eigenvalue weighted by Crippen LogP contribution is 2.22. The van der Waals surface area contributed by atoms with Gasteiger partial charge in [0.25, 0.3) is 0 Å². The Morgan fingerprint density at radius 3 is 2.64 bits per heavy atom. The van der Waals surface area contributed by atoms with Gasteiger partial charge in [-0.1, -0.05) is 31.9 Å². The number of rotatable bonds is 6. The number of urea groups is 1. The molecule has 0 spiro atoms. The van der Waals surface area contributed by atoms with E-state index in [0.717, 1.165) is 25.2 Å². The number of amides is 2. The zero-order valence-electron chi connectivity index (χ0n) is 14.1. The molecule has 1 N–H and O–H groups in total. The Balaban J connectivity index is 1.78. The van der Waals surface area contributed by atoms with Crippen molar-refractivity contribution in [3.8, 4) is 0 Å². The van der Waals surface area contributed by atoms with Crippen LogP contribution in [0.1, 0.15) is 38.2 Å². The molecule has 1 aromatic carbocycles. The van der Waals surface area contributed by atoms with Crippen molar-refractivity contribution < 1.29 is 4.79 Å². The molecule has 0 unspecified atom stereocenters. The Morgan fingerprint density at radius 1 is 1.23 bits per heavy atom. The van der Waals surface area contributed by atoms with Crippen molar-refractivity contribution >= 4 is 11.7 Å². The number of aryl methyl sites for hydroxylation is 1. The van der Waals surface area contributed by atoms with E-state index in [0.29, 0.717) is 6.04 Å². The fraction of sp³-hybridized carbons (Fsp3) is 0.611. The van der Waals surface area contributed by atoms with Gasteiger partial charge < -0.3 is 15.1 Å². The lowest BCUT2D eigenvalue weighted by molar-refractivity contribution is 0.198. The molecule has 0 aliphatic heterocycles. The van der Waals surface area contributed by atoms with E-state index in [1.165, 1.54) is 31.2 Å². The van der Waals surface area contributed by atoms with Crippen molar-refractivity contribution in [3.05, 3.63) is 29.8 Å². The quantitative estimate of drug-likeness (QED) is 0.872. The SMILES string of the molecule is CCc1cccc(NC(=O)N(C)CCN(C)C2CCCC2)c1. The van der Waals surface area contributed by atoms with Crippen LogP contribution >= 0.6 is 0 Å². The number of carbonyl (C=O) groups excluding carboxylic acids is 1. The minimum absolute atomic E-state index is 0.0342. The fourth-order valence-corrected chi connectivity index (χ4v) is 3.02. The summed E-state index contributed by atoms with van der Waals surface area (Å²) in [6.07, 6.45) is 6.27. The Labute approximate surface area is 134 Å². The molecule has 0 heterocycles. The first-order valence-corrected chi connectivity index (χ1v) is 8.41. The third-order valence-electron chi connectivity index (χ3n) is 4.67. The molecular weight excluding hydrogens is 274 g/mol. The van der Waals surface area contributed by atoms with Gasteiger partial charge in [-0.25, -0.2) is 4.79 Å². The fourth-order valence-electron chi connectivity index (χ4n) is 3.02. The molecule has 0 saturated heterocycles. The van der Waals surface area contributed by atoms with Gasteiger partial charge in [0, 0.05) is 31.9 Å². The largest absolute Gasteiger partial charge is 0.326 e. The van der Waals surface area contributed by atoms with Crippen LogP contribution < -0.4 is 5.32 Å². The lowest BCUT2D eigenvalue weighted by atomic mass is 10.1. The first-order chi connectivity index (χ1) is 10.6. The normalized spacial score (nSPS) is 15.3. The number of carbonyl (C=O) groups is 1. The van der Waals surface area contributed by atoms with Crippen LogP contribution in [-0.2, 0) is 6.42 Å². The molecule has 4 nitrogen and oxygen atoms in total. The minimum Gasteiger partial charge on any atom is -0.326 e. The lowest BCUT2D eigenvalue weighted by Gasteiger charge is -2.27. The molecule has 22 heavy (non-hydrogen) atoms. The molecule has 0 bridgehead atoms. The van der Waals surface area contributed by atoms with Gasteiger partial charge in [-0.05, 0) is 44.0 Å². The summed E-state index contributed by atoms with van der Waals surface area (Å²) < 4.78 is 0. The van der Waals surface area contributed by atoms with Gasteiger partial charge >= 0.3 is 6.03 Å². The average Bonchev–Trinajstić information content (AvgIpc) is 3.06. The van der Waals surface area contributed by atoms with E-state index in [4.69, 9.17) is 0 Å².